The summed E-state index contributed by atoms with van der Waals surface area (Å²) < 4.78 is 5.11. The molecule has 2 N–H and O–H groups in total. The number of rotatable bonds is 9. The number of para-hydroxylation sites is 1. The number of anilines is 1. The average molecular weight is 391 g/mol. The van der Waals surface area contributed by atoms with E-state index in [1.165, 1.54) is 11.3 Å². The summed E-state index contributed by atoms with van der Waals surface area (Å²) in [6, 6.07) is 9.12. The van der Waals surface area contributed by atoms with E-state index in [1.807, 2.05) is 44.2 Å². The van der Waals surface area contributed by atoms with E-state index in [9.17, 15) is 9.59 Å². The van der Waals surface area contributed by atoms with Crippen molar-refractivity contribution in [1.82, 2.24) is 15.2 Å². The number of nitrogens with one attached hydrogen (secondary N) is 2. The Hall–Kier alpha value is -2.45. The summed E-state index contributed by atoms with van der Waals surface area (Å²) in [5.41, 5.74) is 1.10. The van der Waals surface area contributed by atoms with E-state index in [4.69, 9.17) is 4.74 Å². The van der Waals surface area contributed by atoms with Crippen LogP contribution in [0.4, 0.5) is 10.5 Å². The van der Waals surface area contributed by atoms with Gasteiger partial charge in [0.2, 0.25) is 0 Å². The van der Waals surface area contributed by atoms with Gasteiger partial charge in [0, 0.05) is 30.8 Å². The molecule has 1 aromatic carbocycles. The first-order chi connectivity index (χ1) is 13.0. The molecule has 27 heavy (non-hydrogen) atoms. The third-order valence-electron chi connectivity index (χ3n) is 3.98. The number of nitrogens with zero attached hydrogens (tertiary/aromatic N) is 2. The zero-order valence-electron chi connectivity index (χ0n) is 15.9. The monoisotopic (exact) mass is 390 g/mol. The number of hydrogen-bond acceptors (Lipinski definition) is 5. The lowest BCUT2D eigenvalue weighted by atomic mass is 10.2. The predicted molar refractivity (Wildman–Crippen MR) is 107 cm³/mol. The second-order valence-corrected chi connectivity index (χ2v) is 7.06. The maximum atomic E-state index is 12.6. The lowest BCUT2D eigenvalue weighted by molar-refractivity contribution is 0.0934. The molecule has 0 saturated carbocycles. The minimum absolute atomic E-state index is 0.0949. The molecule has 0 radical (unpaired) electrons. The van der Waals surface area contributed by atoms with Gasteiger partial charge in [-0.05, 0) is 25.5 Å². The molecule has 1 unspecified atom stereocenters. The second-order valence-electron chi connectivity index (χ2n) is 6.12. The minimum atomic E-state index is -0.237. The van der Waals surface area contributed by atoms with Gasteiger partial charge in [-0.3, -0.25) is 4.79 Å². The first-order valence-electron chi connectivity index (χ1n) is 8.88. The maximum absolute atomic E-state index is 12.6. The Morgan fingerprint density at radius 2 is 2.04 bits per heavy atom. The highest BCUT2D eigenvalue weighted by atomic mass is 32.1. The van der Waals surface area contributed by atoms with Crippen LogP contribution < -0.4 is 10.6 Å². The van der Waals surface area contributed by atoms with Crippen LogP contribution in [-0.2, 0) is 11.3 Å². The van der Waals surface area contributed by atoms with Crippen LogP contribution in [-0.4, -0.2) is 48.1 Å². The zero-order chi connectivity index (χ0) is 19.6. The van der Waals surface area contributed by atoms with Crippen LogP contribution in [0.3, 0.4) is 0 Å². The van der Waals surface area contributed by atoms with Crippen molar-refractivity contribution >= 4 is 29.0 Å². The fourth-order valence-electron chi connectivity index (χ4n) is 2.23. The van der Waals surface area contributed by atoms with Crippen molar-refractivity contribution < 1.29 is 14.3 Å². The molecule has 146 valence electrons. The summed E-state index contributed by atoms with van der Waals surface area (Å²) in [6.45, 7) is 5.10. The van der Waals surface area contributed by atoms with E-state index in [0.717, 1.165) is 12.1 Å². The van der Waals surface area contributed by atoms with E-state index in [0.29, 0.717) is 30.4 Å². The summed E-state index contributed by atoms with van der Waals surface area (Å²) in [6.07, 6.45) is 0.854. The van der Waals surface area contributed by atoms with Crippen molar-refractivity contribution in [2.75, 3.05) is 25.6 Å². The van der Waals surface area contributed by atoms with Crippen LogP contribution in [0, 0.1) is 0 Å². The molecular formula is C19H26N4O3S. The van der Waals surface area contributed by atoms with Crippen LogP contribution in [0.15, 0.2) is 35.7 Å². The molecule has 0 aliphatic rings. The van der Waals surface area contributed by atoms with E-state index in [1.54, 1.807) is 17.4 Å². The first-order valence-corrected chi connectivity index (χ1v) is 9.76. The Kier molecular flexibility index (Phi) is 8.22. The molecule has 7 nitrogen and oxygen atoms in total. The molecule has 2 rings (SSSR count). The smallest absolute Gasteiger partial charge is 0.322 e. The predicted octanol–water partition coefficient (Wildman–Crippen LogP) is 3.35. The molecule has 1 atom stereocenters. The van der Waals surface area contributed by atoms with Gasteiger partial charge in [-0.15, -0.1) is 11.3 Å². The number of amides is 3. The lowest BCUT2D eigenvalue weighted by Gasteiger charge is -2.21. The molecule has 0 bridgehead atoms. The van der Waals surface area contributed by atoms with Gasteiger partial charge >= 0.3 is 6.03 Å². The molecule has 0 aliphatic heterocycles. The van der Waals surface area contributed by atoms with E-state index in [-0.39, 0.29) is 18.0 Å². The molecule has 2 aromatic rings. The summed E-state index contributed by atoms with van der Waals surface area (Å²) >= 11 is 1.36. The van der Waals surface area contributed by atoms with E-state index in [2.05, 4.69) is 15.6 Å². The summed E-state index contributed by atoms with van der Waals surface area (Å²) in [5, 5.41) is 8.17. The van der Waals surface area contributed by atoms with E-state index >= 15 is 0 Å². The lowest BCUT2D eigenvalue weighted by Crippen LogP contribution is -2.37. The van der Waals surface area contributed by atoms with Gasteiger partial charge in [0.05, 0.1) is 13.2 Å². The van der Waals surface area contributed by atoms with Gasteiger partial charge in [-0.25, -0.2) is 9.78 Å². The number of carbonyl (C=O) groups excluding carboxylic acids is 2. The number of carbonyl (C=O) groups is 2. The third-order valence-corrected chi connectivity index (χ3v) is 4.81. The van der Waals surface area contributed by atoms with Gasteiger partial charge in [0.25, 0.3) is 5.91 Å². The van der Waals surface area contributed by atoms with Crippen molar-refractivity contribution in [3.05, 3.63) is 46.4 Å². The molecule has 8 heteroatoms. The Balaban J connectivity index is 2.03. The average Bonchev–Trinajstić information content (AvgIpc) is 3.14. The number of ether oxygens (including phenoxy) is 1. The number of urea groups is 1. The topological polar surface area (TPSA) is 83.6 Å². The Bertz CT molecular complexity index is 736. The summed E-state index contributed by atoms with van der Waals surface area (Å²) in [5.74, 6) is -0.191. The normalized spacial score (nSPS) is 11.7. The standard InChI is InChI=1S/C19H26N4O3S/c1-4-14(2)20-18(24)16-13-27-17(22-16)12-23(10-11-26-3)19(25)21-15-8-6-5-7-9-15/h5-9,13-14H,4,10-12H2,1-3H3,(H,20,24)(H,21,25). The zero-order valence-corrected chi connectivity index (χ0v) is 16.7. The Morgan fingerprint density at radius 3 is 2.70 bits per heavy atom. The van der Waals surface area contributed by atoms with Crippen molar-refractivity contribution in [2.45, 2.75) is 32.9 Å². The van der Waals surface area contributed by atoms with Crippen LogP contribution in [0.25, 0.3) is 0 Å². The Labute approximate surface area is 163 Å². The molecule has 3 amide bonds. The fraction of sp³-hybridized carbons (Fsp3) is 0.421. The molecule has 0 aliphatic carbocycles. The summed E-state index contributed by atoms with van der Waals surface area (Å²) in [7, 11) is 1.59. The molecule has 0 spiro atoms. The molecule has 0 saturated heterocycles. The Morgan fingerprint density at radius 1 is 1.30 bits per heavy atom. The summed E-state index contributed by atoms with van der Waals surface area (Å²) in [4.78, 5) is 30.8. The van der Waals surface area contributed by atoms with Crippen molar-refractivity contribution in [1.29, 1.82) is 0 Å². The second kappa shape index (κ2) is 10.6. The quantitative estimate of drug-likeness (QED) is 0.688. The number of benzene rings is 1. The first kappa shape index (κ1) is 20.9. The minimum Gasteiger partial charge on any atom is -0.383 e. The number of thiazole rings is 1. The third kappa shape index (κ3) is 6.65. The SMILES string of the molecule is CCC(C)NC(=O)c1csc(CN(CCOC)C(=O)Nc2ccccc2)n1. The highest BCUT2D eigenvalue weighted by molar-refractivity contribution is 7.09. The van der Waals surface area contributed by atoms with Crippen LogP contribution in [0.2, 0.25) is 0 Å². The van der Waals surface area contributed by atoms with Crippen molar-refractivity contribution in [3.8, 4) is 0 Å². The number of hydrogen-bond donors (Lipinski definition) is 2. The highest BCUT2D eigenvalue weighted by Crippen LogP contribution is 2.14. The highest BCUT2D eigenvalue weighted by Gasteiger charge is 2.18. The number of aromatic nitrogens is 1. The van der Waals surface area contributed by atoms with Crippen LogP contribution in [0.1, 0.15) is 35.8 Å². The van der Waals surface area contributed by atoms with Gasteiger partial charge in [-0.1, -0.05) is 25.1 Å². The van der Waals surface area contributed by atoms with Crippen molar-refractivity contribution in [3.63, 3.8) is 0 Å². The molecule has 0 fully saturated rings. The van der Waals surface area contributed by atoms with Gasteiger partial charge < -0.3 is 20.3 Å². The van der Waals surface area contributed by atoms with E-state index < -0.39 is 0 Å². The van der Waals surface area contributed by atoms with Crippen LogP contribution in [0.5, 0.6) is 0 Å². The van der Waals surface area contributed by atoms with Gasteiger partial charge in [-0.2, -0.15) is 0 Å². The number of methoxy groups -OCH3 is 1. The molecule has 1 heterocycles. The van der Waals surface area contributed by atoms with Gasteiger partial charge in [0.1, 0.15) is 10.7 Å². The molecular weight excluding hydrogens is 364 g/mol. The van der Waals surface area contributed by atoms with Gasteiger partial charge in [0.15, 0.2) is 0 Å². The fourth-order valence-corrected chi connectivity index (χ4v) is 3.02. The maximum Gasteiger partial charge on any atom is 0.322 e. The largest absolute Gasteiger partial charge is 0.383 e. The van der Waals surface area contributed by atoms with Crippen LogP contribution >= 0.6 is 11.3 Å². The molecule has 1 aromatic heterocycles. The van der Waals surface area contributed by atoms with Crippen molar-refractivity contribution in [2.24, 2.45) is 0 Å².